The fraction of sp³-hybridized carbons (Fsp3) is 0.242. The van der Waals surface area contributed by atoms with Crippen molar-refractivity contribution in [1.29, 1.82) is 0 Å². The first-order valence-corrected chi connectivity index (χ1v) is 15.0. The smallest absolute Gasteiger partial charge is 0.261 e. The van der Waals surface area contributed by atoms with E-state index in [4.69, 9.17) is 9.16 Å². The van der Waals surface area contributed by atoms with Gasteiger partial charge in [0.1, 0.15) is 12.4 Å². The molecule has 0 bridgehead atoms. The molecular weight excluding hydrogens is 486 g/mol. The fourth-order valence-corrected chi connectivity index (χ4v) is 9.50. The Morgan fingerprint density at radius 3 is 1.87 bits per heavy atom. The van der Waals surface area contributed by atoms with Crippen LogP contribution in [-0.2, 0) is 11.0 Å². The van der Waals surface area contributed by atoms with Crippen molar-refractivity contribution in [1.82, 2.24) is 0 Å². The average Bonchev–Trinajstić information content (AvgIpc) is 2.95. The van der Waals surface area contributed by atoms with Gasteiger partial charge in [0.2, 0.25) is 0 Å². The second-order valence-corrected chi connectivity index (χ2v) is 14.9. The first-order valence-electron chi connectivity index (χ1n) is 13.1. The predicted molar refractivity (Wildman–Crippen MR) is 159 cm³/mol. The van der Waals surface area contributed by atoms with Crippen LogP contribution >= 0.6 is 0 Å². The van der Waals surface area contributed by atoms with E-state index in [0.29, 0.717) is 31.1 Å². The van der Waals surface area contributed by atoms with Gasteiger partial charge in [0.15, 0.2) is 6.29 Å². The summed E-state index contributed by atoms with van der Waals surface area (Å²) in [6, 6.07) is 37.1. The summed E-state index contributed by atoms with van der Waals surface area (Å²) in [4.78, 5) is 13.8. The van der Waals surface area contributed by atoms with Crippen LogP contribution in [0.1, 0.15) is 36.7 Å². The number of likely N-dealkylation sites (N-methyl/N-ethyl adjacent to an activating group) is 1. The molecule has 0 aromatic heterocycles. The lowest BCUT2D eigenvalue weighted by Crippen LogP contribution is -2.67. The Hall–Kier alpha value is -3.67. The molecule has 0 N–H and O–H groups in total. The molecule has 4 rings (SSSR count). The van der Waals surface area contributed by atoms with E-state index in [0.717, 1.165) is 17.5 Å². The topological polar surface area (TPSA) is 38.8 Å². The van der Waals surface area contributed by atoms with Crippen LogP contribution in [0, 0.1) is 0 Å². The van der Waals surface area contributed by atoms with Crippen LogP contribution in [-0.4, -0.2) is 34.8 Å². The summed E-state index contributed by atoms with van der Waals surface area (Å²) in [5.41, 5.74) is 2.58. The Morgan fingerprint density at radius 1 is 0.789 bits per heavy atom. The molecular formula is C33H37NO3Si. The standard InChI is InChI=1S/C33H37NO3Si/c1-33(2,3)38(30-16-10-6-11-17-30,31-18-12-7-13-19-31)37-23-22-34(4)29-21-20-28(25-35)32(24-29)36-26-27-14-8-5-9-15-27/h5-21,24-25H,22-23,26H2,1-4H3. The Morgan fingerprint density at radius 2 is 1.34 bits per heavy atom. The van der Waals surface area contributed by atoms with Gasteiger partial charge in [-0.1, -0.05) is 112 Å². The van der Waals surface area contributed by atoms with E-state index in [1.165, 1.54) is 10.4 Å². The molecule has 0 heterocycles. The zero-order chi connectivity index (χ0) is 27.0. The molecule has 0 atom stereocenters. The second-order valence-electron chi connectivity index (χ2n) is 10.5. The predicted octanol–water partition coefficient (Wildman–Crippen LogP) is 6.09. The van der Waals surface area contributed by atoms with Crippen LogP contribution < -0.4 is 20.0 Å². The number of carbonyl (C=O) groups is 1. The highest BCUT2D eigenvalue weighted by Gasteiger charge is 2.50. The Kier molecular flexibility index (Phi) is 8.82. The molecule has 5 heteroatoms. The van der Waals surface area contributed by atoms with Crippen molar-refractivity contribution in [2.24, 2.45) is 0 Å². The van der Waals surface area contributed by atoms with Gasteiger partial charge < -0.3 is 14.1 Å². The van der Waals surface area contributed by atoms with Gasteiger partial charge in [0.05, 0.1) is 12.2 Å². The third-order valence-electron chi connectivity index (χ3n) is 6.96. The minimum Gasteiger partial charge on any atom is -0.488 e. The van der Waals surface area contributed by atoms with Crippen molar-refractivity contribution in [3.63, 3.8) is 0 Å². The number of carbonyl (C=O) groups excluding carboxylic acids is 1. The number of rotatable bonds is 11. The van der Waals surface area contributed by atoms with Gasteiger partial charge in [-0.3, -0.25) is 4.79 Å². The van der Waals surface area contributed by atoms with E-state index in [-0.39, 0.29) is 5.04 Å². The summed E-state index contributed by atoms with van der Waals surface area (Å²) in [5.74, 6) is 0.584. The number of hydrogen-bond acceptors (Lipinski definition) is 4. The summed E-state index contributed by atoms with van der Waals surface area (Å²) >= 11 is 0. The Bertz CT molecular complexity index is 1270. The van der Waals surface area contributed by atoms with Crippen LogP contribution in [0.25, 0.3) is 0 Å². The summed E-state index contributed by atoms with van der Waals surface area (Å²) in [6.45, 7) is 8.54. The molecule has 4 aromatic carbocycles. The molecule has 4 aromatic rings. The van der Waals surface area contributed by atoms with Gasteiger partial charge >= 0.3 is 0 Å². The SMILES string of the molecule is CN(CCO[Si](c1ccccc1)(c1ccccc1)C(C)(C)C)c1ccc(C=O)c(OCc2ccccc2)c1. The van der Waals surface area contributed by atoms with Crippen LogP contribution in [0.3, 0.4) is 0 Å². The lowest BCUT2D eigenvalue weighted by Gasteiger charge is -2.43. The van der Waals surface area contributed by atoms with E-state index in [1.54, 1.807) is 0 Å². The highest BCUT2D eigenvalue weighted by atomic mass is 28.4. The van der Waals surface area contributed by atoms with Gasteiger partial charge in [0.25, 0.3) is 8.32 Å². The normalized spacial score (nSPS) is 11.7. The van der Waals surface area contributed by atoms with Crippen molar-refractivity contribution in [3.05, 3.63) is 120 Å². The summed E-state index contributed by atoms with van der Waals surface area (Å²) in [5, 5.41) is 2.47. The van der Waals surface area contributed by atoms with E-state index in [9.17, 15) is 4.79 Å². The monoisotopic (exact) mass is 523 g/mol. The van der Waals surface area contributed by atoms with Gasteiger partial charge in [-0.2, -0.15) is 0 Å². The van der Waals surface area contributed by atoms with E-state index in [1.807, 2.05) is 55.6 Å². The Labute approximate surface area is 228 Å². The van der Waals surface area contributed by atoms with Gasteiger partial charge in [-0.05, 0) is 33.1 Å². The van der Waals surface area contributed by atoms with Crippen molar-refractivity contribution in [3.8, 4) is 5.75 Å². The lowest BCUT2D eigenvalue weighted by atomic mass is 10.2. The average molecular weight is 524 g/mol. The van der Waals surface area contributed by atoms with Crippen molar-refractivity contribution >= 4 is 30.7 Å². The molecule has 0 saturated carbocycles. The molecule has 0 amide bonds. The van der Waals surface area contributed by atoms with Crippen molar-refractivity contribution in [2.45, 2.75) is 32.4 Å². The zero-order valence-corrected chi connectivity index (χ0v) is 23.8. The highest BCUT2D eigenvalue weighted by Crippen LogP contribution is 2.36. The molecule has 0 aliphatic rings. The number of benzene rings is 4. The maximum Gasteiger partial charge on any atom is 0.261 e. The van der Waals surface area contributed by atoms with E-state index in [2.05, 4.69) is 86.3 Å². The molecule has 196 valence electrons. The van der Waals surface area contributed by atoms with E-state index >= 15 is 0 Å². The molecule has 38 heavy (non-hydrogen) atoms. The quantitative estimate of drug-likeness (QED) is 0.176. The molecule has 0 spiro atoms. The molecule has 0 fully saturated rings. The fourth-order valence-electron chi connectivity index (χ4n) is 4.94. The second kappa shape index (κ2) is 12.2. The summed E-state index contributed by atoms with van der Waals surface area (Å²) in [6.07, 6.45) is 0.843. The minimum absolute atomic E-state index is 0.0711. The molecule has 0 radical (unpaired) electrons. The molecule has 0 aliphatic heterocycles. The highest BCUT2D eigenvalue weighted by molar-refractivity contribution is 6.99. The molecule has 0 aliphatic carbocycles. The zero-order valence-electron chi connectivity index (χ0n) is 22.8. The number of hydrogen-bond donors (Lipinski definition) is 0. The number of nitrogens with zero attached hydrogens (tertiary/aromatic N) is 1. The largest absolute Gasteiger partial charge is 0.488 e. The first-order chi connectivity index (χ1) is 18.3. The van der Waals surface area contributed by atoms with Crippen LogP contribution in [0.15, 0.2) is 109 Å². The van der Waals surface area contributed by atoms with Crippen molar-refractivity contribution in [2.75, 3.05) is 25.1 Å². The van der Waals surface area contributed by atoms with Gasteiger partial charge in [-0.25, -0.2) is 0 Å². The van der Waals surface area contributed by atoms with Crippen LogP contribution in [0.5, 0.6) is 5.75 Å². The number of anilines is 1. The molecule has 4 nitrogen and oxygen atoms in total. The van der Waals surface area contributed by atoms with Crippen LogP contribution in [0.4, 0.5) is 5.69 Å². The third-order valence-corrected chi connectivity index (χ3v) is 12.0. The maximum atomic E-state index is 11.7. The Balaban J connectivity index is 1.54. The molecule has 0 saturated heterocycles. The lowest BCUT2D eigenvalue weighted by molar-refractivity contribution is 0.111. The van der Waals surface area contributed by atoms with Crippen molar-refractivity contribution < 1.29 is 14.0 Å². The third kappa shape index (κ3) is 6.06. The maximum absolute atomic E-state index is 11.7. The summed E-state index contributed by atoms with van der Waals surface area (Å²) in [7, 11) is -0.543. The number of ether oxygens (including phenoxy) is 1. The van der Waals surface area contributed by atoms with Gasteiger partial charge in [-0.15, -0.1) is 0 Å². The van der Waals surface area contributed by atoms with Gasteiger partial charge in [0, 0.05) is 25.3 Å². The minimum atomic E-state index is -2.59. The van der Waals surface area contributed by atoms with E-state index < -0.39 is 8.32 Å². The first kappa shape index (κ1) is 27.4. The summed E-state index contributed by atoms with van der Waals surface area (Å²) < 4.78 is 13.1. The number of aldehydes is 1. The van der Waals surface area contributed by atoms with Crippen LogP contribution in [0.2, 0.25) is 5.04 Å². The molecule has 0 unspecified atom stereocenters.